The Morgan fingerprint density at radius 3 is 2.83 bits per heavy atom. The molecule has 0 saturated carbocycles. The standard InChI is InChI=1S/C17H21N5O2/c1-12-19-10-13(16(18)21-12)11-20-15-5-3-2-4-14(15)17(23)22-6-8-24-9-7-22/h2-5,10,20H,6-9,11H2,1H3,(H2,18,19,21). The molecule has 1 saturated heterocycles. The second-order valence-corrected chi connectivity index (χ2v) is 5.63. The number of aromatic nitrogens is 2. The average molecular weight is 327 g/mol. The van der Waals surface area contributed by atoms with Gasteiger partial charge in [-0.15, -0.1) is 0 Å². The van der Waals surface area contributed by atoms with Crippen LogP contribution in [0.2, 0.25) is 0 Å². The number of morpholine rings is 1. The molecule has 0 atom stereocenters. The Morgan fingerprint density at radius 2 is 2.08 bits per heavy atom. The Balaban J connectivity index is 1.75. The number of ether oxygens (including phenoxy) is 1. The molecule has 1 aliphatic heterocycles. The fourth-order valence-electron chi connectivity index (χ4n) is 2.60. The molecule has 2 aromatic rings. The molecule has 1 aromatic heterocycles. The van der Waals surface area contributed by atoms with Crippen molar-refractivity contribution in [3.63, 3.8) is 0 Å². The van der Waals surface area contributed by atoms with Crippen molar-refractivity contribution in [3.8, 4) is 0 Å². The number of nitrogens with zero attached hydrogens (tertiary/aromatic N) is 3. The number of nitrogens with one attached hydrogen (secondary N) is 1. The number of benzene rings is 1. The Labute approximate surface area is 140 Å². The van der Waals surface area contributed by atoms with Crippen molar-refractivity contribution in [2.24, 2.45) is 0 Å². The SMILES string of the molecule is Cc1ncc(CNc2ccccc2C(=O)N2CCOCC2)c(N)n1. The van der Waals surface area contributed by atoms with E-state index in [1.165, 1.54) is 0 Å². The molecule has 3 rings (SSSR count). The molecule has 126 valence electrons. The molecule has 0 bridgehead atoms. The van der Waals surface area contributed by atoms with E-state index in [-0.39, 0.29) is 5.91 Å². The molecule has 0 spiro atoms. The molecular formula is C17H21N5O2. The molecule has 1 aliphatic rings. The van der Waals surface area contributed by atoms with Crippen LogP contribution in [0.4, 0.5) is 11.5 Å². The number of aryl methyl sites for hydroxylation is 1. The van der Waals surface area contributed by atoms with Gasteiger partial charge in [0, 0.05) is 37.1 Å². The first kappa shape index (κ1) is 16.2. The molecule has 0 unspecified atom stereocenters. The number of anilines is 2. The molecule has 1 fully saturated rings. The zero-order valence-electron chi connectivity index (χ0n) is 13.7. The number of para-hydroxylation sites is 1. The highest BCUT2D eigenvalue weighted by Gasteiger charge is 2.20. The molecular weight excluding hydrogens is 306 g/mol. The highest BCUT2D eigenvalue weighted by atomic mass is 16.5. The summed E-state index contributed by atoms with van der Waals surface area (Å²) < 4.78 is 5.31. The summed E-state index contributed by atoms with van der Waals surface area (Å²) in [6.07, 6.45) is 1.71. The fourth-order valence-corrected chi connectivity index (χ4v) is 2.60. The van der Waals surface area contributed by atoms with E-state index >= 15 is 0 Å². The van der Waals surface area contributed by atoms with Gasteiger partial charge in [-0.2, -0.15) is 0 Å². The van der Waals surface area contributed by atoms with Crippen LogP contribution in [0.25, 0.3) is 0 Å². The van der Waals surface area contributed by atoms with E-state index in [4.69, 9.17) is 10.5 Å². The summed E-state index contributed by atoms with van der Waals surface area (Å²) in [4.78, 5) is 22.9. The molecule has 2 heterocycles. The van der Waals surface area contributed by atoms with E-state index in [0.29, 0.717) is 50.1 Å². The van der Waals surface area contributed by atoms with Gasteiger partial charge >= 0.3 is 0 Å². The largest absolute Gasteiger partial charge is 0.383 e. The highest BCUT2D eigenvalue weighted by Crippen LogP contribution is 2.19. The van der Waals surface area contributed by atoms with Gasteiger partial charge in [-0.05, 0) is 19.1 Å². The summed E-state index contributed by atoms with van der Waals surface area (Å²) in [5.74, 6) is 1.10. The molecule has 7 nitrogen and oxygen atoms in total. The normalized spacial score (nSPS) is 14.5. The third-order valence-corrected chi connectivity index (χ3v) is 3.94. The lowest BCUT2D eigenvalue weighted by Gasteiger charge is -2.27. The number of amides is 1. The summed E-state index contributed by atoms with van der Waals surface area (Å²) in [5.41, 5.74) is 8.14. The first-order chi connectivity index (χ1) is 11.6. The van der Waals surface area contributed by atoms with E-state index in [0.717, 1.165) is 11.3 Å². The smallest absolute Gasteiger partial charge is 0.256 e. The minimum absolute atomic E-state index is 0.00882. The summed E-state index contributed by atoms with van der Waals surface area (Å²) in [6, 6.07) is 7.48. The van der Waals surface area contributed by atoms with E-state index in [1.54, 1.807) is 13.1 Å². The zero-order chi connectivity index (χ0) is 16.9. The van der Waals surface area contributed by atoms with Crippen LogP contribution < -0.4 is 11.1 Å². The van der Waals surface area contributed by atoms with E-state index in [2.05, 4.69) is 15.3 Å². The van der Waals surface area contributed by atoms with Gasteiger partial charge in [0.15, 0.2) is 0 Å². The molecule has 7 heteroatoms. The Bertz CT molecular complexity index is 729. The molecule has 24 heavy (non-hydrogen) atoms. The van der Waals surface area contributed by atoms with Crippen molar-refractivity contribution < 1.29 is 9.53 Å². The number of hydrogen-bond acceptors (Lipinski definition) is 6. The Kier molecular flexibility index (Phi) is 4.90. The lowest BCUT2D eigenvalue weighted by Crippen LogP contribution is -2.40. The third kappa shape index (κ3) is 3.62. The summed E-state index contributed by atoms with van der Waals surface area (Å²) in [5, 5.41) is 3.27. The number of nitrogens with two attached hydrogens (primary N) is 1. The quantitative estimate of drug-likeness (QED) is 0.883. The van der Waals surface area contributed by atoms with Gasteiger partial charge in [-0.25, -0.2) is 9.97 Å². The lowest BCUT2D eigenvalue weighted by molar-refractivity contribution is 0.0303. The monoisotopic (exact) mass is 327 g/mol. The number of carbonyl (C=O) groups excluding carboxylic acids is 1. The molecule has 0 aliphatic carbocycles. The van der Waals surface area contributed by atoms with Gasteiger partial charge in [0.1, 0.15) is 11.6 Å². The maximum absolute atomic E-state index is 12.7. The first-order valence-corrected chi connectivity index (χ1v) is 7.93. The predicted octanol–water partition coefficient (Wildman–Crippen LogP) is 1.45. The van der Waals surface area contributed by atoms with Crippen LogP contribution in [0.1, 0.15) is 21.7 Å². The van der Waals surface area contributed by atoms with Gasteiger partial charge < -0.3 is 20.7 Å². The van der Waals surface area contributed by atoms with Crippen molar-refractivity contribution >= 4 is 17.4 Å². The maximum atomic E-state index is 12.7. The Morgan fingerprint density at radius 1 is 1.33 bits per heavy atom. The van der Waals surface area contributed by atoms with Gasteiger partial charge in [-0.1, -0.05) is 12.1 Å². The minimum Gasteiger partial charge on any atom is -0.383 e. The van der Waals surface area contributed by atoms with E-state index in [1.807, 2.05) is 29.2 Å². The van der Waals surface area contributed by atoms with Crippen molar-refractivity contribution in [1.82, 2.24) is 14.9 Å². The van der Waals surface area contributed by atoms with Crippen molar-refractivity contribution in [1.29, 1.82) is 0 Å². The fraction of sp³-hybridized carbons (Fsp3) is 0.353. The van der Waals surface area contributed by atoms with Crippen molar-refractivity contribution in [2.75, 3.05) is 37.4 Å². The second-order valence-electron chi connectivity index (χ2n) is 5.63. The number of hydrogen-bond donors (Lipinski definition) is 2. The molecule has 1 aromatic carbocycles. The molecule has 3 N–H and O–H groups in total. The van der Waals surface area contributed by atoms with Crippen LogP contribution in [0.3, 0.4) is 0 Å². The minimum atomic E-state index is 0.00882. The van der Waals surface area contributed by atoms with Gasteiger partial charge in [-0.3, -0.25) is 4.79 Å². The zero-order valence-corrected chi connectivity index (χ0v) is 13.7. The van der Waals surface area contributed by atoms with Crippen LogP contribution in [-0.4, -0.2) is 47.1 Å². The van der Waals surface area contributed by atoms with Crippen molar-refractivity contribution in [3.05, 3.63) is 47.4 Å². The highest BCUT2D eigenvalue weighted by molar-refractivity contribution is 5.99. The number of nitrogen functional groups attached to an aromatic ring is 1. The lowest BCUT2D eigenvalue weighted by atomic mass is 10.1. The topological polar surface area (TPSA) is 93.4 Å². The van der Waals surface area contributed by atoms with E-state index < -0.39 is 0 Å². The van der Waals surface area contributed by atoms with Crippen LogP contribution in [0.15, 0.2) is 30.5 Å². The summed E-state index contributed by atoms with van der Waals surface area (Å²) in [6.45, 7) is 4.65. The van der Waals surface area contributed by atoms with Gasteiger partial charge in [0.05, 0.1) is 18.8 Å². The summed E-state index contributed by atoms with van der Waals surface area (Å²) >= 11 is 0. The van der Waals surface area contributed by atoms with Gasteiger partial charge in [0.2, 0.25) is 0 Å². The van der Waals surface area contributed by atoms with Crippen LogP contribution in [0, 0.1) is 6.92 Å². The number of carbonyl (C=O) groups is 1. The average Bonchev–Trinajstić information content (AvgIpc) is 2.61. The molecule has 0 radical (unpaired) electrons. The van der Waals surface area contributed by atoms with Crippen LogP contribution >= 0.6 is 0 Å². The first-order valence-electron chi connectivity index (χ1n) is 7.93. The van der Waals surface area contributed by atoms with Crippen LogP contribution in [0.5, 0.6) is 0 Å². The summed E-state index contributed by atoms with van der Waals surface area (Å²) in [7, 11) is 0. The predicted molar refractivity (Wildman–Crippen MR) is 91.7 cm³/mol. The maximum Gasteiger partial charge on any atom is 0.256 e. The Hall–Kier alpha value is -2.67. The van der Waals surface area contributed by atoms with Gasteiger partial charge in [0.25, 0.3) is 5.91 Å². The molecule has 1 amide bonds. The van der Waals surface area contributed by atoms with Crippen molar-refractivity contribution in [2.45, 2.75) is 13.5 Å². The third-order valence-electron chi connectivity index (χ3n) is 3.94. The second kappa shape index (κ2) is 7.27. The van der Waals surface area contributed by atoms with Crippen LogP contribution in [-0.2, 0) is 11.3 Å². The number of rotatable bonds is 4. The van der Waals surface area contributed by atoms with E-state index in [9.17, 15) is 4.79 Å².